The molecule has 0 aliphatic carbocycles. The summed E-state index contributed by atoms with van der Waals surface area (Å²) in [5.74, 6) is 0.789. The fraction of sp³-hybridized carbons (Fsp3) is 0.273. The predicted molar refractivity (Wildman–Crippen MR) is 109 cm³/mol. The largest absolute Gasteiger partial charge is 0.489 e. The van der Waals surface area contributed by atoms with E-state index in [1.54, 1.807) is 0 Å². The highest BCUT2D eigenvalue weighted by Crippen LogP contribution is 2.26. The standard InChI is InChI=1S/C22H25N3O3/c1-14-7-6-8-20(23-22(26)27-5)19(14)13-28-21-10-9-18(11-15(21)2)25-12-16(3)17(4)24-25/h6-12H,13H2,1-5H3,(H,23,26). The number of methoxy groups -OCH3 is 1. The first-order valence-electron chi connectivity index (χ1n) is 9.09. The van der Waals surface area contributed by atoms with Crippen LogP contribution in [0.3, 0.4) is 0 Å². The maximum atomic E-state index is 11.6. The molecular weight excluding hydrogens is 354 g/mol. The van der Waals surface area contributed by atoms with Crippen molar-refractivity contribution in [1.82, 2.24) is 9.78 Å². The SMILES string of the molecule is COC(=O)Nc1cccc(C)c1COc1ccc(-n2cc(C)c(C)n2)cc1C. The Hall–Kier alpha value is -3.28. The molecule has 1 aromatic heterocycles. The minimum Gasteiger partial charge on any atom is -0.489 e. The number of hydrogen-bond donors (Lipinski definition) is 1. The van der Waals surface area contributed by atoms with Crippen LogP contribution < -0.4 is 10.1 Å². The van der Waals surface area contributed by atoms with Crippen molar-refractivity contribution < 1.29 is 14.3 Å². The quantitative estimate of drug-likeness (QED) is 0.687. The molecule has 146 valence electrons. The summed E-state index contributed by atoms with van der Waals surface area (Å²) in [6.07, 6.45) is 1.51. The maximum Gasteiger partial charge on any atom is 0.411 e. The first-order chi connectivity index (χ1) is 13.4. The number of amides is 1. The average molecular weight is 379 g/mol. The lowest BCUT2D eigenvalue weighted by Gasteiger charge is -2.15. The smallest absolute Gasteiger partial charge is 0.411 e. The molecule has 0 bridgehead atoms. The zero-order chi connectivity index (χ0) is 20.3. The van der Waals surface area contributed by atoms with E-state index in [1.807, 2.05) is 75.0 Å². The normalized spacial score (nSPS) is 10.6. The molecule has 0 saturated heterocycles. The van der Waals surface area contributed by atoms with Gasteiger partial charge in [0.2, 0.25) is 0 Å². The molecule has 2 aromatic carbocycles. The molecule has 0 radical (unpaired) electrons. The number of carbonyl (C=O) groups is 1. The summed E-state index contributed by atoms with van der Waals surface area (Å²) in [5, 5.41) is 7.26. The number of ether oxygens (including phenoxy) is 2. The van der Waals surface area contributed by atoms with Gasteiger partial charge in [0.25, 0.3) is 0 Å². The van der Waals surface area contributed by atoms with Gasteiger partial charge >= 0.3 is 6.09 Å². The van der Waals surface area contributed by atoms with Gasteiger partial charge in [-0.3, -0.25) is 5.32 Å². The topological polar surface area (TPSA) is 65.4 Å². The lowest BCUT2D eigenvalue weighted by molar-refractivity contribution is 0.187. The fourth-order valence-electron chi connectivity index (χ4n) is 2.94. The summed E-state index contributed by atoms with van der Waals surface area (Å²) >= 11 is 0. The van der Waals surface area contributed by atoms with E-state index < -0.39 is 6.09 Å². The molecule has 0 aliphatic heterocycles. The zero-order valence-corrected chi connectivity index (χ0v) is 16.9. The van der Waals surface area contributed by atoms with Gasteiger partial charge in [-0.1, -0.05) is 12.1 Å². The van der Waals surface area contributed by atoms with Crippen molar-refractivity contribution in [3.05, 3.63) is 70.5 Å². The van der Waals surface area contributed by atoms with Gasteiger partial charge in [0.1, 0.15) is 12.4 Å². The van der Waals surface area contributed by atoms with Gasteiger partial charge in [0.05, 0.1) is 24.2 Å². The molecule has 0 aliphatic rings. The number of nitrogens with zero attached hydrogens (tertiary/aromatic N) is 2. The summed E-state index contributed by atoms with van der Waals surface area (Å²) in [5.41, 5.74) is 6.81. The van der Waals surface area contributed by atoms with E-state index in [2.05, 4.69) is 10.4 Å². The van der Waals surface area contributed by atoms with Crippen LogP contribution in [-0.2, 0) is 11.3 Å². The fourth-order valence-corrected chi connectivity index (χ4v) is 2.94. The molecule has 0 atom stereocenters. The summed E-state index contributed by atoms with van der Waals surface area (Å²) in [4.78, 5) is 11.6. The molecule has 0 saturated carbocycles. The second-order valence-electron chi connectivity index (χ2n) is 6.80. The van der Waals surface area contributed by atoms with Crippen LogP contribution in [0.1, 0.15) is 27.9 Å². The Morgan fingerprint density at radius 2 is 1.86 bits per heavy atom. The molecule has 3 rings (SSSR count). The van der Waals surface area contributed by atoms with Crippen molar-refractivity contribution >= 4 is 11.8 Å². The number of aryl methyl sites for hydroxylation is 4. The van der Waals surface area contributed by atoms with Crippen molar-refractivity contribution in [2.45, 2.75) is 34.3 Å². The Balaban J connectivity index is 1.79. The third kappa shape index (κ3) is 4.17. The van der Waals surface area contributed by atoms with Gasteiger partial charge in [-0.15, -0.1) is 0 Å². The van der Waals surface area contributed by atoms with Gasteiger partial charge in [0, 0.05) is 11.8 Å². The molecule has 6 heteroatoms. The van der Waals surface area contributed by atoms with Crippen molar-refractivity contribution in [1.29, 1.82) is 0 Å². The van der Waals surface area contributed by atoms with Crippen molar-refractivity contribution in [2.24, 2.45) is 0 Å². The Morgan fingerprint density at radius 3 is 2.50 bits per heavy atom. The lowest BCUT2D eigenvalue weighted by atomic mass is 10.1. The number of aromatic nitrogens is 2. The molecule has 6 nitrogen and oxygen atoms in total. The molecule has 3 aromatic rings. The second-order valence-corrected chi connectivity index (χ2v) is 6.80. The van der Waals surface area contributed by atoms with E-state index in [4.69, 9.17) is 9.47 Å². The summed E-state index contributed by atoms with van der Waals surface area (Å²) in [6.45, 7) is 8.38. The molecule has 0 unspecified atom stereocenters. The number of anilines is 1. The van der Waals surface area contributed by atoms with Crippen LogP contribution in [-0.4, -0.2) is 23.0 Å². The minimum absolute atomic E-state index is 0.339. The first kappa shape index (κ1) is 19.5. The van der Waals surface area contributed by atoms with Crippen molar-refractivity contribution in [3.8, 4) is 11.4 Å². The van der Waals surface area contributed by atoms with E-state index in [9.17, 15) is 4.79 Å². The van der Waals surface area contributed by atoms with Crippen LogP contribution >= 0.6 is 0 Å². The highest BCUT2D eigenvalue weighted by molar-refractivity contribution is 5.85. The van der Waals surface area contributed by atoms with E-state index in [0.717, 1.165) is 39.4 Å². The van der Waals surface area contributed by atoms with Gasteiger partial charge in [-0.05, 0) is 68.7 Å². The number of nitrogens with one attached hydrogen (secondary N) is 1. The zero-order valence-electron chi connectivity index (χ0n) is 16.9. The molecule has 1 N–H and O–H groups in total. The molecule has 0 spiro atoms. The van der Waals surface area contributed by atoms with Gasteiger partial charge in [-0.2, -0.15) is 5.10 Å². The third-order valence-corrected chi connectivity index (χ3v) is 4.77. The number of carbonyl (C=O) groups excluding carboxylic acids is 1. The first-order valence-corrected chi connectivity index (χ1v) is 9.09. The number of benzene rings is 2. The molecular formula is C22H25N3O3. The van der Waals surface area contributed by atoms with Gasteiger partial charge in [-0.25, -0.2) is 9.48 Å². The molecule has 0 fully saturated rings. The van der Waals surface area contributed by atoms with Gasteiger partial charge < -0.3 is 9.47 Å². The highest BCUT2D eigenvalue weighted by atomic mass is 16.5. The monoisotopic (exact) mass is 379 g/mol. The number of rotatable bonds is 5. The maximum absolute atomic E-state index is 11.6. The van der Waals surface area contributed by atoms with Crippen LogP contribution in [0.2, 0.25) is 0 Å². The summed E-state index contributed by atoms with van der Waals surface area (Å²) < 4.78 is 12.6. The summed E-state index contributed by atoms with van der Waals surface area (Å²) in [7, 11) is 1.34. The Labute approximate surface area is 165 Å². The van der Waals surface area contributed by atoms with Crippen LogP contribution in [0.4, 0.5) is 10.5 Å². The van der Waals surface area contributed by atoms with E-state index in [-0.39, 0.29) is 0 Å². The molecule has 28 heavy (non-hydrogen) atoms. The Morgan fingerprint density at radius 1 is 1.07 bits per heavy atom. The van der Waals surface area contributed by atoms with E-state index in [1.165, 1.54) is 7.11 Å². The minimum atomic E-state index is -0.503. The van der Waals surface area contributed by atoms with E-state index >= 15 is 0 Å². The lowest BCUT2D eigenvalue weighted by Crippen LogP contribution is -2.14. The van der Waals surface area contributed by atoms with Crippen LogP contribution in [0.15, 0.2) is 42.6 Å². The Kier molecular flexibility index (Phi) is 5.68. The summed E-state index contributed by atoms with van der Waals surface area (Å²) in [6, 6.07) is 11.7. The van der Waals surface area contributed by atoms with Crippen molar-refractivity contribution in [2.75, 3.05) is 12.4 Å². The van der Waals surface area contributed by atoms with E-state index in [0.29, 0.717) is 12.3 Å². The van der Waals surface area contributed by atoms with Crippen LogP contribution in [0.5, 0.6) is 5.75 Å². The van der Waals surface area contributed by atoms with Crippen molar-refractivity contribution in [3.63, 3.8) is 0 Å². The number of hydrogen-bond acceptors (Lipinski definition) is 4. The van der Waals surface area contributed by atoms with Gasteiger partial charge in [0.15, 0.2) is 0 Å². The second kappa shape index (κ2) is 8.17. The molecule has 1 amide bonds. The molecule has 1 heterocycles. The third-order valence-electron chi connectivity index (χ3n) is 4.77. The predicted octanol–water partition coefficient (Wildman–Crippen LogP) is 4.86. The van der Waals surface area contributed by atoms with Crippen LogP contribution in [0.25, 0.3) is 5.69 Å². The van der Waals surface area contributed by atoms with Crippen LogP contribution in [0, 0.1) is 27.7 Å². The highest BCUT2D eigenvalue weighted by Gasteiger charge is 2.11. The Bertz CT molecular complexity index is 989. The average Bonchev–Trinajstić information content (AvgIpc) is 3.00.